The van der Waals surface area contributed by atoms with Crippen LogP contribution in [-0.4, -0.2) is 16.5 Å². The Labute approximate surface area is 124 Å². The molecule has 2 rings (SSSR count). The van der Waals surface area contributed by atoms with Gasteiger partial charge in [0.15, 0.2) is 0 Å². The van der Waals surface area contributed by atoms with E-state index in [0.717, 1.165) is 25.1 Å². The van der Waals surface area contributed by atoms with Crippen molar-refractivity contribution in [1.29, 1.82) is 0 Å². The minimum atomic E-state index is 0.369. The lowest BCUT2D eigenvalue weighted by atomic mass is 10.2. The van der Waals surface area contributed by atoms with Gasteiger partial charge in [0.2, 0.25) is 11.8 Å². The lowest BCUT2D eigenvalue weighted by Gasteiger charge is -2.09. The number of hydrogen-bond donors (Lipinski definition) is 1. The summed E-state index contributed by atoms with van der Waals surface area (Å²) >= 11 is 6.08. The highest BCUT2D eigenvalue weighted by Crippen LogP contribution is 2.28. The smallest absolute Gasteiger partial charge is 0.243 e. The fraction of sp³-hybridized carbons (Fsp3) is 0.333. The fourth-order valence-corrected chi connectivity index (χ4v) is 1.82. The van der Waals surface area contributed by atoms with Crippen molar-refractivity contribution in [3.8, 4) is 11.6 Å². The van der Waals surface area contributed by atoms with E-state index in [2.05, 4.69) is 35.2 Å². The number of halogens is 1. The number of nitrogens with one attached hydrogen (secondary N) is 1. The van der Waals surface area contributed by atoms with E-state index < -0.39 is 0 Å². The maximum atomic E-state index is 6.08. The number of rotatable bonds is 6. The summed E-state index contributed by atoms with van der Waals surface area (Å²) in [7, 11) is 0. The molecule has 0 bridgehead atoms. The van der Waals surface area contributed by atoms with E-state index in [0.29, 0.717) is 16.9 Å². The molecule has 20 heavy (non-hydrogen) atoms. The molecule has 0 aliphatic heterocycles. The summed E-state index contributed by atoms with van der Waals surface area (Å²) in [5, 5.41) is 3.51. The van der Waals surface area contributed by atoms with Gasteiger partial charge in [-0.2, -0.15) is 4.98 Å². The first kappa shape index (κ1) is 14.6. The maximum Gasteiger partial charge on any atom is 0.243 e. The number of aromatic nitrogens is 2. The van der Waals surface area contributed by atoms with Crippen LogP contribution in [0.5, 0.6) is 11.6 Å². The van der Waals surface area contributed by atoms with Crippen molar-refractivity contribution >= 4 is 17.5 Å². The zero-order valence-electron chi connectivity index (χ0n) is 11.7. The van der Waals surface area contributed by atoms with Gasteiger partial charge in [-0.25, -0.2) is 4.98 Å². The van der Waals surface area contributed by atoms with Crippen LogP contribution in [-0.2, 0) is 6.42 Å². The molecule has 1 aromatic carbocycles. The largest absolute Gasteiger partial charge is 0.437 e. The lowest BCUT2D eigenvalue weighted by molar-refractivity contribution is 0.462. The Bertz CT molecular complexity index is 575. The van der Waals surface area contributed by atoms with Crippen LogP contribution in [0, 0.1) is 0 Å². The van der Waals surface area contributed by atoms with Crippen LogP contribution in [0.15, 0.2) is 30.5 Å². The summed E-state index contributed by atoms with van der Waals surface area (Å²) in [5.41, 5.74) is 1.21. The molecule has 0 spiro atoms. The molecule has 0 aliphatic rings. The quantitative estimate of drug-likeness (QED) is 0.861. The highest BCUT2D eigenvalue weighted by molar-refractivity contribution is 6.31. The first-order valence-corrected chi connectivity index (χ1v) is 7.14. The molecule has 0 saturated heterocycles. The average molecular weight is 292 g/mol. The third-order valence-electron chi connectivity index (χ3n) is 2.77. The van der Waals surface area contributed by atoms with Crippen molar-refractivity contribution in [1.82, 2.24) is 9.97 Å². The standard InChI is InChI=1S/C15H18ClN3O/c1-3-8-17-15-18-10-13(16)14(19-15)20-12-7-5-6-11(4-2)9-12/h5-7,9-10H,3-4,8H2,1-2H3,(H,17,18,19). The molecule has 0 radical (unpaired) electrons. The second-order valence-corrected chi connectivity index (χ2v) is 4.78. The topological polar surface area (TPSA) is 47.0 Å². The second kappa shape index (κ2) is 7.10. The molecule has 106 valence electrons. The van der Waals surface area contributed by atoms with E-state index >= 15 is 0 Å². The summed E-state index contributed by atoms with van der Waals surface area (Å²) in [6.45, 7) is 4.99. The monoisotopic (exact) mass is 291 g/mol. The molecule has 0 saturated carbocycles. The number of anilines is 1. The van der Waals surface area contributed by atoms with Gasteiger partial charge >= 0.3 is 0 Å². The Morgan fingerprint density at radius 2 is 2.15 bits per heavy atom. The molecule has 0 aliphatic carbocycles. The van der Waals surface area contributed by atoms with Crippen molar-refractivity contribution in [3.63, 3.8) is 0 Å². The Kier molecular flexibility index (Phi) is 5.18. The van der Waals surface area contributed by atoms with Gasteiger partial charge in [0.05, 0.1) is 6.20 Å². The molecule has 0 atom stereocenters. The van der Waals surface area contributed by atoms with Gasteiger partial charge in [-0.05, 0) is 30.5 Å². The van der Waals surface area contributed by atoms with Crippen LogP contribution in [0.2, 0.25) is 5.02 Å². The highest BCUT2D eigenvalue weighted by atomic mass is 35.5. The first-order chi connectivity index (χ1) is 9.72. The lowest BCUT2D eigenvalue weighted by Crippen LogP contribution is -2.04. The van der Waals surface area contributed by atoms with Crippen molar-refractivity contribution in [2.75, 3.05) is 11.9 Å². The normalized spacial score (nSPS) is 10.3. The zero-order chi connectivity index (χ0) is 14.4. The van der Waals surface area contributed by atoms with Gasteiger partial charge in [-0.3, -0.25) is 0 Å². The van der Waals surface area contributed by atoms with E-state index in [1.165, 1.54) is 5.56 Å². The van der Waals surface area contributed by atoms with Crippen molar-refractivity contribution in [2.24, 2.45) is 0 Å². The number of nitrogens with zero attached hydrogens (tertiary/aromatic N) is 2. The summed E-state index contributed by atoms with van der Waals surface area (Å²) in [6, 6.07) is 7.89. The number of ether oxygens (including phenoxy) is 1. The molecule has 0 fully saturated rings. The van der Waals surface area contributed by atoms with Gasteiger partial charge in [-0.15, -0.1) is 0 Å². The molecule has 2 aromatic rings. The summed E-state index contributed by atoms with van der Waals surface area (Å²) in [5.74, 6) is 1.62. The number of hydrogen-bond acceptors (Lipinski definition) is 4. The van der Waals surface area contributed by atoms with Gasteiger partial charge in [0, 0.05) is 6.54 Å². The Balaban J connectivity index is 2.18. The zero-order valence-corrected chi connectivity index (χ0v) is 12.4. The number of aryl methyl sites for hydroxylation is 1. The molecule has 1 aromatic heterocycles. The van der Waals surface area contributed by atoms with E-state index in [1.807, 2.05) is 18.2 Å². The minimum absolute atomic E-state index is 0.369. The summed E-state index contributed by atoms with van der Waals surface area (Å²) in [6.07, 6.45) is 3.50. The minimum Gasteiger partial charge on any atom is -0.437 e. The van der Waals surface area contributed by atoms with Crippen LogP contribution in [0.3, 0.4) is 0 Å². The molecular weight excluding hydrogens is 274 g/mol. The molecule has 4 nitrogen and oxygen atoms in total. The number of benzene rings is 1. The van der Waals surface area contributed by atoms with Crippen LogP contribution in [0.4, 0.5) is 5.95 Å². The van der Waals surface area contributed by atoms with Gasteiger partial charge in [-0.1, -0.05) is 37.6 Å². The van der Waals surface area contributed by atoms with Gasteiger partial charge in [0.25, 0.3) is 0 Å². The van der Waals surface area contributed by atoms with E-state index in [1.54, 1.807) is 6.20 Å². The third kappa shape index (κ3) is 3.84. The Morgan fingerprint density at radius 1 is 1.30 bits per heavy atom. The van der Waals surface area contributed by atoms with Crippen LogP contribution in [0.1, 0.15) is 25.8 Å². The predicted octanol–water partition coefficient (Wildman–Crippen LogP) is 4.31. The van der Waals surface area contributed by atoms with E-state index in [9.17, 15) is 0 Å². The highest BCUT2D eigenvalue weighted by Gasteiger charge is 2.08. The van der Waals surface area contributed by atoms with Crippen LogP contribution < -0.4 is 10.1 Å². The maximum absolute atomic E-state index is 6.08. The molecule has 0 amide bonds. The summed E-state index contributed by atoms with van der Waals surface area (Å²) < 4.78 is 5.75. The van der Waals surface area contributed by atoms with Gasteiger partial charge < -0.3 is 10.1 Å². The third-order valence-corrected chi connectivity index (χ3v) is 3.03. The SMILES string of the molecule is CCCNc1ncc(Cl)c(Oc2cccc(CC)c2)n1. The molecular formula is C15H18ClN3O. The van der Waals surface area contributed by atoms with Gasteiger partial charge in [0.1, 0.15) is 10.8 Å². The van der Waals surface area contributed by atoms with E-state index in [-0.39, 0.29) is 0 Å². The molecule has 1 heterocycles. The van der Waals surface area contributed by atoms with Crippen molar-refractivity contribution < 1.29 is 4.74 Å². The first-order valence-electron chi connectivity index (χ1n) is 6.76. The van der Waals surface area contributed by atoms with E-state index in [4.69, 9.17) is 16.3 Å². The average Bonchev–Trinajstić information content (AvgIpc) is 2.48. The second-order valence-electron chi connectivity index (χ2n) is 4.38. The predicted molar refractivity (Wildman–Crippen MR) is 81.7 cm³/mol. The van der Waals surface area contributed by atoms with Crippen LogP contribution in [0.25, 0.3) is 0 Å². The van der Waals surface area contributed by atoms with Crippen molar-refractivity contribution in [2.45, 2.75) is 26.7 Å². The molecule has 0 unspecified atom stereocenters. The molecule has 1 N–H and O–H groups in total. The van der Waals surface area contributed by atoms with Crippen molar-refractivity contribution in [3.05, 3.63) is 41.0 Å². The Hall–Kier alpha value is -1.81. The Morgan fingerprint density at radius 3 is 2.90 bits per heavy atom. The molecule has 5 heteroatoms. The summed E-state index contributed by atoms with van der Waals surface area (Å²) in [4.78, 5) is 8.40. The van der Waals surface area contributed by atoms with Crippen LogP contribution >= 0.6 is 11.6 Å². The fourth-order valence-electron chi connectivity index (χ4n) is 1.69.